The van der Waals surface area contributed by atoms with Crippen LogP contribution in [0.5, 0.6) is 5.75 Å². The van der Waals surface area contributed by atoms with Gasteiger partial charge >= 0.3 is 6.03 Å². The molecular weight excluding hydrogens is 416 g/mol. The van der Waals surface area contributed by atoms with Crippen molar-refractivity contribution in [3.8, 4) is 5.75 Å². The van der Waals surface area contributed by atoms with Gasteiger partial charge in [0.1, 0.15) is 24.1 Å². The zero-order valence-corrected chi connectivity index (χ0v) is 17.3. The van der Waals surface area contributed by atoms with E-state index in [4.69, 9.17) is 4.74 Å². The largest absolute Gasteiger partial charge is 0.489 e. The molecule has 156 valence electrons. The van der Waals surface area contributed by atoms with Crippen LogP contribution in [0, 0.1) is 0 Å². The Morgan fingerprint density at radius 1 is 1.13 bits per heavy atom. The Hall–Kier alpha value is -3.72. The molecule has 1 unspecified atom stereocenters. The molecule has 1 fully saturated rings. The number of carbonyl (C=O) groups excluding carboxylic acids is 3. The van der Waals surface area contributed by atoms with Gasteiger partial charge in [0.2, 0.25) is 0 Å². The zero-order valence-electron chi connectivity index (χ0n) is 16.5. The summed E-state index contributed by atoms with van der Waals surface area (Å²) >= 11 is 1.46. The first-order valence-electron chi connectivity index (χ1n) is 9.41. The number of nitrogens with zero attached hydrogens (tertiary/aromatic N) is 2. The first kappa shape index (κ1) is 20.5. The van der Waals surface area contributed by atoms with Crippen molar-refractivity contribution in [2.45, 2.75) is 29.4 Å². The van der Waals surface area contributed by atoms with Gasteiger partial charge in [-0.05, 0) is 48.0 Å². The molecule has 0 saturated carbocycles. The van der Waals surface area contributed by atoms with Gasteiger partial charge in [-0.1, -0.05) is 11.8 Å². The normalized spacial score (nSPS) is 15.3. The molecule has 1 aromatic carbocycles. The predicted molar refractivity (Wildman–Crippen MR) is 113 cm³/mol. The monoisotopic (exact) mass is 434 g/mol. The van der Waals surface area contributed by atoms with Crippen molar-refractivity contribution in [3.63, 3.8) is 0 Å². The molecule has 2 aromatic heterocycles. The Kier molecular flexibility index (Phi) is 5.94. The summed E-state index contributed by atoms with van der Waals surface area (Å²) in [5.41, 5.74) is 1.90. The number of ether oxygens (including phenoxy) is 1. The van der Waals surface area contributed by atoms with Crippen LogP contribution in [-0.4, -0.2) is 27.7 Å². The average Bonchev–Trinajstić information content (AvgIpc) is 3.11. The number of benzene rings is 1. The highest BCUT2D eigenvalue weighted by Gasteiger charge is 2.32. The van der Waals surface area contributed by atoms with Gasteiger partial charge in [-0.15, -0.1) is 0 Å². The van der Waals surface area contributed by atoms with Gasteiger partial charge < -0.3 is 10.1 Å². The Morgan fingerprint density at radius 3 is 2.65 bits per heavy atom. The van der Waals surface area contributed by atoms with E-state index in [0.717, 1.165) is 15.4 Å². The van der Waals surface area contributed by atoms with Gasteiger partial charge in [-0.2, -0.15) is 0 Å². The fourth-order valence-electron chi connectivity index (χ4n) is 2.99. The van der Waals surface area contributed by atoms with Crippen LogP contribution in [0.15, 0.2) is 70.8 Å². The van der Waals surface area contributed by atoms with Gasteiger partial charge in [0.25, 0.3) is 5.91 Å². The number of hydrogen-bond donors (Lipinski definition) is 2. The molecule has 2 N–H and O–H groups in total. The molecule has 8 nitrogen and oxygen atoms in total. The maximum Gasteiger partial charge on any atom is 0.322 e. The van der Waals surface area contributed by atoms with E-state index in [0.29, 0.717) is 23.6 Å². The summed E-state index contributed by atoms with van der Waals surface area (Å²) in [7, 11) is 0. The van der Waals surface area contributed by atoms with Crippen LogP contribution in [-0.2, 0) is 11.4 Å². The molecule has 0 spiro atoms. The van der Waals surface area contributed by atoms with Crippen LogP contribution in [0.3, 0.4) is 0 Å². The van der Waals surface area contributed by atoms with Crippen LogP contribution >= 0.6 is 11.8 Å². The molecule has 3 aromatic rings. The number of Topliss-reactive ketones (excluding diaryl/α,β-unsaturated/α-hetero) is 1. The van der Waals surface area contributed by atoms with E-state index in [1.165, 1.54) is 18.7 Å². The average molecular weight is 434 g/mol. The minimum atomic E-state index is -0.758. The summed E-state index contributed by atoms with van der Waals surface area (Å²) in [5, 5.41) is 4.84. The zero-order chi connectivity index (χ0) is 21.8. The van der Waals surface area contributed by atoms with Crippen molar-refractivity contribution in [2.24, 2.45) is 0 Å². The van der Waals surface area contributed by atoms with E-state index in [1.54, 1.807) is 36.8 Å². The van der Waals surface area contributed by atoms with Crippen molar-refractivity contribution >= 4 is 29.5 Å². The van der Waals surface area contributed by atoms with Gasteiger partial charge in [0.05, 0.1) is 0 Å². The number of nitrogens with one attached hydrogen (secondary N) is 2. The van der Waals surface area contributed by atoms with Gasteiger partial charge in [0.15, 0.2) is 5.78 Å². The highest BCUT2D eigenvalue weighted by molar-refractivity contribution is 7.99. The number of urea groups is 1. The molecule has 31 heavy (non-hydrogen) atoms. The molecule has 0 bridgehead atoms. The lowest BCUT2D eigenvalue weighted by atomic mass is 10.1. The Morgan fingerprint density at radius 2 is 1.94 bits per heavy atom. The fourth-order valence-corrected chi connectivity index (χ4v) is 3.94. The smallest absolute Gasteiger partial charge is 0.322 e. The molecule has 4 rings (SSSR count). The van der Waals surface area contributed by atoms with E-state index in [9.17, 15) is 14.4 Å². The molecule has 3 heterocycles. The fraction of sp³-hybridized carbons (Fsp3) is 0.136. The van der Waals surface area contributed by atoms with Gasteiger partial charge in [-0.25, -0.2) is 4.79 Å². The third kappa shape index (κ3) is 4.89. The van der Waals surface area contributed by atoms with E-state index in [-0.39, 0.29) is 5.78 Å². The number of amides is 3. The second kappa shape index (κ2) is 8.97. The maximum absolute atomic E-state index is 12.0. The number of pyridine rings is 2. The molecule has 1 atom stereocenters. The van der Waals surface area contributed by atoms with Crippen molar-refractivity contribution in [1.29, 1.82) is 0 Å². The first-order chi connectivity index (χ1) is 15.0. The predicted octanol–water partition coefficient (Wildman–Crippen LogP) is 3.29. The lowest BCUT2D eigenvalue weighted by Gasteiger charge is -2.13. The summed E-state index contributed by atoms with van der Waals surface area (Å²) < 4.78 is 5.80. The SMILES string of the molecule is CC(=O)c1cc(COc2ccc(Sc3ccncc3C3NC(=O)NC3=O)cc2)ccn1. The van der Waals surface area contributed by atoms with E-state index in [2.05, 4.69) is 20.6 Å². The molecule has 1 aliphatic rings. The van der Waals surface area contributed by atoms with Crippen LogP contribution in [0.2, 0.25) is 0 Å². The Balaban J connectivity index is 1.43. The standard InChI is InChI=1S/C22H18N4O4S/c1-13(27)18-10-14(6-9-24-18)12-30-15-2-4-16(5-3-15)31-19-7-8-23-11-17(19)20-21(28)26-22(29)25-20/h2-11,20H,12H2,1H3,(H2,25,26,28,29). The first-order valence-corrected chi connectivity index (χ1v) is 10.2. The number of aromatic nitrogens is 2. The van der Waals surface area contributed by atoms with Crippen molar-refractivity contribution in [3.05, 3.63) is 77.9 Å². The van der Waals surface area contributed by atoms with Gasteiger partial charge in [0, 0.05) is 40.9 Å². The molecular formula is C22H18N4O4S. The maximum atomic E-state index is 12.0. The number of carbonyl (C=O) groups is 3. The van der Waals surface area contributed by atoms with Crippen LogP contribution in [0.25, 0.3) is 0 Å². The summed E-state index contributed by atoms with van der Waals surface area (Å²) in [6.07, 6.45) is 4.82. The topological polar surface area (TPSA) is 110 Å². The Labute approximate surface area is 182 Å². The summed E-state index contributed by atoms with van der Waals surface area (Å²) in [6, 6.07) is 11.6. The number of imide groups is 1. The molecule has 1 saturated heterocycles. The molecule has 0 radical (unpaired) electrons. The lowest BCUT2D eigenvalue weighted by Crippen LogP contribution is -2.22. The van der Waals surface area contributed by atoms with E-state index < -0.39 is 18.0 Å². The second-order valence-electron chi connectivity index (χ2n) is 6.78. The third-order valence-electron chi connectivity index (χ3n) is 4.54. The lowest BCUT2D eigenvalue weighted by molar-refractivity contribution is -0.120. The number of hydrogen-bond acceptors (Lipinski definition) is 7. The summed E-state index contributed by atoms with van der Waals surface area (Å²) in [5.74, 6) is 0.198. The van der Waals surface area contributed by atoms with Crippen LogP contribution in [0.1, 0.15) is 34.6 Å². The van der Waals surface area contributed by atoms with Gasteiger partial charge in [-0.3, -0.25) is 24.9 Å². The minimum absolute atomic E-state index is 0.0895. The summed E-state index contributed by atoms with van der Waals surface area (Å²) in [4.78, 5) is 44.8. The van der Waals surface area contributed by atoms with Crippen LogP contribution in [0.4, 0.5) is 4.79 Å². The van der Waals surface area contributed by atoms with Crippen molar-refractivity contribution < 1.29 is 19.1 Å². The van der Waals surface area contributed by atoms with Crippen LogP contribution < -0.4 is 15.4 Å². The number of ketones is 1. The van der Waals surface area contributed by atoms with E-state index in [1.807, 2.05) is 24.3 Å². The molecule has 3 amide bonds. The quantitative estimate of drug-likeness (QED) is 0.434. The molecule has 1 aliphatic heterocycles. The molecule has 9 heteroatoms. The highest BCUT2D eigenvalue weighted by atomic mass is 32.2. The second-order valence-corrected chi connectivity index (χ2v) is 7.89. The van der Waals surface area contributed by atoms with Crippen molar-refractivity contribution in [2.75, 3.05) is 0 Å². The Bertz CT molecular complexity index is 1150. The molecule has 0 aliphatic carbocycles. The number of rotatable bonds is 7. The van der Waals surface area contributed by atoms with E-state index >= 15 is 0 Å². The van der Waals surface area contributed by atoms with Crippen molar-refractivity contribution in [1.82, 2.24) is 20.6 Å². The summed E-state index contributed by atoms with van der Waals surface area (Å²) in [6.45, 7) is 1.80. The third-order valence-corrected chi connectivity index (χ3v) is 5.64. The minimum Gasteiger partial charge on any atom is -0.489 e. The highest BCUT2D eigenvalue weighted by Crippen LogP contribution is 2.34.